The molecule has 2 aliphatic rings. The monoisotopic (exact) mass is 337 g/mol. The number of ether oxygens (including phenoxy) is 2. The molecule has 2 aromatic carbocycles. The highest BCUT2D eigenvalue weighted by Gasteiger charge is 2.68. The van der Waals surface area contributed by atoms with Crippen LogP contribution in [-0.4, -0.2) is 28.8 Å². The molecule has 4 heteroatoms. The van der Waals surface area contributed by atoms with E-state index in [1.54, 1.807) is 0 Å². The molecule has 1 N–H and O–H groups in total. The first-order valence-corrected chi connectivity index (χ1v) is 8.63. The molecule has 0 amide bonds. The number of hydrogen-bond acceptors (Lipinski definition) is 4. The standard InChI is InChI=1S/C21H23NO3/c1-14-9-11-16(12-10-14)18-21(25-18,19-22-20(2,3)13-24-19)17(23)15-7-5-4-6-8-15/h4-12,17-18,23H,13H2,1-3H3/t17-,18-,21+/m1/s1. The van der Waals surface area contributed by atoms with E-state index >= 15 is 0 Å². The third kappa shape index (κ3) is 2.75. The van der Waals surface area contributed by atoms with E-state index in [0.717, 1.165) is 11.1 Å². The van der Waals surface area contributed by atoms with Crippen LogP contribution in [0.2, 0.25) is 0 Å². The zero-order valence-electron chi connectivity index (χ0n) is 14.8. The maximum atomic E-state index is 11.1. The van der Waals surface area contributed by atoms with Gasteiger partial charge in [0.05, 0.1) is 5.54 Å². The molecule has 1 fully saturated rings. The topological polar surface area (TPSA) is 54.4 Å². The van der Waals surface area contributed by atoms with Crippen molar-refractivity contribution < 1.29 is 14.6 Å². The molecule has 2 heterocycles. The molecule has 1 saturated heterocycles. The molecule has 0 aliphatic carbocycles. The number of rotatable bonds is 4. The van der Waals surface area contributed by atoms with E-state index in [2.05, 4.69) is 19.1 Å². The van der Waals surface area contributed by atoms with Crippen molar-refractivity contribution in [3.63, 3.8) is 0 Å². The summed E-state index contributed by atoms with van der Waals surface area (Å²) in [5.41, 5.74) is 1.76. The van der Waals surface area contributed by atoms with E-state index in [1.165, 1.54) is 5.56 Å². The van der Waals surface area contributed by atoms with Gasteiger partial charge < -0.3 is 14.6 Å². The highest BCUT2D eigenvalue weighted by atomic mass is 16.7. The summed E-state index contributed by atoms with van der Waals surface area (Å²) in [4.78, 5) is 4.70. The number of hydrogen-bond donors (Lipinski definition) is 1. The SMILES string of the molecule is Cc1ccc([C@H]2O[C@@]2(C2=NC(C)(C)CO2)[C@H](O)c2ccccc2)cc1. The number of aliphatic imine (C=N–C) groups is 1. The van der Waals surface area contributed by atoms with Gasteiger partial charge >= 0.3 is 0 Å². The molecule has 0 bridgehead atoms. The summed E-state index contributed by atoms with van der Waals surface area (Å²) >= 11 is 0. The second kappa shape index (κ2) is 5.68. The Labute approximate surface area is 148 Å². The maximum absolute atomic E-state index is 11.1. The molecular formula is C21H23NO3. The van der Waals surface area contributed by atoms with Gasteiger partial charge in [-0.15, -0.1) is 0 Å². The Kier molecular flexibility index (Phi) is 3.71. The number of aliphatic hydroxyl groups is 1. The molecule has 3 atom stereocenters. The fraction of sp³-hybridized carbons (Fsp3) is 0.381. The van der Waals surface area contributed by atoms with Crippen LogP contribution in [0.5, 0.6) is 0 Å². The van der Waals surface area contributed by atoms with E-state index in [9.17, 15) is 5.11 Å². The highest BCUT2D eigenvalue weighted by molar-refractivity contribution is 5.91. The average molecular weight is 337 g/mol. The summed E-state index contributed by atoms with van der Waals surface area (Å²) in [6.45, 7) is 6.59. The Balaban J connectivity index is 1.74. The summed E-state index contributed by atoms with van der Waals surface area (Å²) in [6, 6.07) is 17.8. The minimum absolute atomic E-state index is 0.268. The van der Waals surface area contributed by atoms with Crippen molar-refractivity contribution in [2.45, 2.75) is 44.1 Å². The number of aliphatic hydroxyl groups excluding tert-OH is 1. The van der Waals surface area contributed by atoms with Gasteiger partial charge in [0.15, 0.2) is 0 Å². The summed E-state index contributed by atoms with van der Waals surface area (Å²) in [7, 11) is 0. The van der Waals surface area contributed by atoms with E-state index in [4.69, 9.17) is 14.5 Å². The third-order valence-corrected chi connectivity index (χ3v) is 4.85. The Morgan fingerprint density at radius 2 is 1.76 bits per heavy atom. The summed E-state index contributed by atoms with van der Waals surface area (Å²) in [6.07, 6.45) is -1.11. The van der Waals surface area contributed by atoms with Gasteiger partial charge in [-0.1, -0.05) is 60.2 Å². The zero-order valence-corrected chi connectivity index (χ0v) is 14.8. The number of epoxide rings is 1. The van der Waals surface area contributed by atoms with Gasteiger partial charge in [-0.3, -0.25) is 0 Å². The first kappa shape index (κ1) is 16.3. The van der Waals surface area contributed by atoms with Crippen molar-refractivity contribution in [3.05, 3.63) is 71.3 Å². The molecule has 0 saturated carbocycles. The molecule has 0 radical (unpaired) electrons. The first-order valence-electron chi connectivity index (χ1n) is 8.63. The molecule has 2 aromatic rings. The van der Waals surface area contributed by atoms with Crippen molar-refractivity contribution in [1.29, 1.82) is 0 Å². The van der Waals surface area contributed by atoms with E-state index in [0.29, 0.717) is 12.5 Å². The van der Waals surface area contributed by atoms with E-state index < -0.39 is 11.7 Å². The van der Waals surface area contributed by atoms with Crippen molar-refractivity contribution in [2.75, 3.05) is 6.61 Å². The quantitative estimate of drug-likeness (QED) is 0.865. The molecule has 4 nitrogen and oxygen atoms in total. The molecule has 130 valence electrons. The molecule has 2 aliphatic heterocycles. The molecule has 4 rings (SSSR count). The van der Waals surface area contributed by atoms with Crippen LogP contribution in [0.1, 0.15) is 42.7 Å². The predicted octanol–water partition coefficient (Wildman–Crippen LogP) is 3.75. The molecule has 0 unspecified atom stereocenters. The molecular weight excluding hydrogens is 314 g/mol. The van der Waals surface area contributed by atoms with Gasteiger partial charge in [-0.25, -0.2) is 4.99 Å². The van der Waals surface area contributed by atoms with Crippen LogP contribution in [0.25, 0.3) is 0 Å². The van der Waals surface area contributed by atoms with Gasteiger partial charge in [0.1, 0.15) is 18.8 Å². The second-order valence-electron chi connectivity index (χ2n) is 7.53. The smallest absolute Gasteiger partial charge is 0.223 e. The Hall–Kier alpha value is -2.17. The predicted molar refractivity (Wildman–Crippen MR) is 96.6 cm³/mol. The van der Waals surface area contributed by atoms with Gasteiger partial charge in [0.25, 0.3) is 0 Å². The summed E-state index contributed by atoms with van der Waals surface area (Å²) in [5.74, 6) is 0.499. The Morgan fingerprint density at radius 1 is 1.08 bits per heavy atom. The fourth-order valence-electron chi connectivity index (χ4n) is 3.37. The average Bonchev–Trinajstić information content (AvgIpc) is 3.26. The molecule has 0 spiro atoms. The van der Waals surface area contributed by atoms with Gasteiger partial charge in [-0.05, 0) is 31.9 Å². The lowest BCUT2D eigenvalue weighted by atomic mass is 9.89. The van der Waals surface area contributed by atoms with Gasteiger partial charge in [0, 0.05) is 0 Å². The maximum Gasteiger partial charge on any atom is 0.223 e. The number of benzene rings is 2. The van der Waals surface area contributed by atoms with Gasteiger partial charge in [-0.2, -0.15) is 0 Å². The minimum atomic E-state index is -0.954. The first-order chi connectivity index (χ1) is 11.9. The van der Waals surface area contributed by atoms with Crippen molar-refractivity contribution in [3.8, 4) is 0 Å². The van der Waals surface area contributed by atoms with Crippen LogP contribution in [0.4, 0.5) is 0 Å². The van der Waals surface area contributed by atoms with Gasteiger partial charge in [0.2, 0.25) is 11.5 Å². The minimum Gasteiger partial charge on any atom is -0.476 e. The highest BCUT2D eigenvalue weighted by Crippen LogP contribution is 2.58. The second-order valence-corrected chi connectivity index (χ2v) is 7.53. The van der Waals surface area contributed by atoms with E-state index in [1.807, 2.05) is 56.3 Å². The van der Waals surface area contributed by atoms with E-state index in [-0.39, 0.29) is 11.6 Å². The Morgan fingerprint density at radius 3 is 2.36 bits per heavy atom. The third-order valence-electron chi connectivity index (χ3n) is 4.85. The van der Waals surface area contributed by atoms with Crippen molar-refractivity contribution in [1.82, 2.24) is 0 Å². The lowest BCUT2D eigenvalue weighted by Crippen LogP contribution is -2.33. The van der Waals surface area contributed by atoms with Crippen LogP contribution >= 0.6 is 0 Å². The number of nitrogens with zero attached hydrogens (tertiary/aromatic N) is 1. The lowest BCUT2D eigenvalue weighted by molar-refractivity contribution is 0.0959. The normalized spacial score (nSPS) is 28.2. The molecule has 0 aromatic heterocycles. The molecule has 25 heavy (non-hydrogen) atoms. The fourth-order valence-corrected chi connectivity index (χ4v) is 3.37. The largest absolute Gasteiger partial charge is 0.476 e. The Bertz CT molecular complexity index is 798. The van der Waals surface area contributed by atoms with Crippen LogP contribution in [0.15, 0.2) is 59.6 Å². The summed E-state index contributed by atoms with van der Waals surface area (Å²) in [5, 5.41) is 11.1. The zero-order chi connectivity index (χ0) is 17.7. The summed E-state index contributed by atoms with van der Waals surface area (Å²) < 4.78 is 12.0. The van der Waals surface area contributed by atoms with Crippen LogP contribution < -0.4 is 0 Å². The van der Waals surface area contributed by atoms with Crippen LogP contribution in [0.3, 0.4) is 0 Å². The van der Waals surface area contributed by atoms with Crippen molar-refractivity contribution >= 4 is 5.90 Å². The van der Waals surface area contributed by atoms with Crippen LogP contribution in [-0.2, 0) is 9.47 Å². The van der Waals surface area contributed by atoms with Crippen LogP contribution in [0, 0.1) is 6.92 Å². The number of aryl methyl sites for hydroxylation is 1. The van der Waals surface area contributed by atoms with Crippen molar-refractivity contribution in [2.24, 2.45) is 4.99 Å². The lowest BCUT2D eigenvalue weighted by Gasteiger charge is -2.20.